The number of halogens is 3. The third-order valence-corrected chi connectivity index (χ3v) is 4.86. The maximum atomic E-state index is 13.8. The molecule has 0 saturated carbocycles. The van der Waals surface area contributed by atoms with Gasteiger partial charge in [-0.3, -0.25) is 4.79 Å². The molecule has 3 amide bonds. The Morgan fingerprint density at radius 2 is 1.58 bits per heavy atom. The van der Waals surface area contributed by atoms with E-state index in [4.69, 9.17) is 27.9 Å². The van der Waals surface area contributed by atoms with E-state index in [0.29, 0.717) is 33.5 Å². The molecule has 0 saturated heterocycles. The Bertz CT molecular complexity index is 1110. The minimum atomic E-state index is -0.642. The van der Waals surface area contributed by atoms with Crippen molar-refractivity contribution in [3.8, 4) is 11.5 Å². The Kier molecular flexibility index (Phi) is 7.33. The van der Waals surface area contributed by atoms with Crippen molar-refractivity contribution in [2.75, 3.05) is 17.7 Å². The lowest BCUT2D eigenvalue weighted by Gasteiger charge is -2.11. The van der Waals surface area contributed by atoms with Gasteiger partial charge in [0.2, 0.25) is 0 Å². The number of rotatable bonds is 6. The highest BCUT2D eigenvalue weighted by Gasteiger charge is 2.12. The third kappa shape index (κ3) is 5.87. The highest BCUT2D eigenvalue weighted by molar-refractivity contribution is 6.32. The highest BCUT2D eigenvalue weighted by Crippen LogP contribution is 2.26. The van der Waals surface area contributed by atoms with Gasteiger partial charge in [0.1, 0.15) is 17.3 Å². The predicted octanol–water partition coefficient (Wildman–Crippen LogP) is 6.01. The largest absolute Gasteiger partial charge is 0.457 e. The molecule has 0 heterocycles. The van der Waals surface area contributed by atoms with Crippen molar-refractivity contribution in [2.24, 2.45) is 0 Å². The fourth-order valence-electron chi connectivity index (χ4n) is 2.67. The number of hydrogen-bond acceptors (Lipinski definition) is 3. The molecule has 160 valence electrons. The monoisotopic (exact) mass is 461 g/mol. The second-order valence-corrected chi connectivity index (χ2v) is 7.04. The topological polar surface area (TPSA) is 79.5 Å². The average molecular weight is 462 g/mol. The van der Waals surface area contributed by atoms with Gasteiger partial charge in [-0.25, -0.2) is 9.18 Å². The Morgan fingerprint density at radius 3 is 2.26 bits per heavy atom. The molecule has 0 bridgehead atoms. The SMILES string of the molecule is CNC(=O)c1cc(Oc2ccc(NC(=O)Nc3ccc(Cl)c(CCl)c3)cc2)ccc1F. The van der Waals surface area contributed by atoms with Crippen LogP contribution in [0.25, 0.3) is 0 Å². The molecule has 0 aliphatic carbocycles. The molecule has 0 aromatic heterocycles. The number of nitrogens with one attached hydrogen (secondary N) is 3. The standard InChI is InChI=1S/C22H18Cl2FN3O3/c1-26-21(29)18-11-17(7-9-20(18)25)31-16-5-2-14(3-6-16)27-22(30)28-15-4-8-19(24)13(10-15)12-23/h2-11H,12H2,1H3,(H,26,29)(H2,27,28,30). The van der Waals surface area contributed by atoms with Crippen LogP contribution in [-0.4, -0.2) is 19.0 Å². The number of hydrogen-bond donors (Lipinski definition) is 3. The highest BCUT2D eigenvalue weighted by atomic mass is 35.5. The van der Waals surface area contributed by atoms with Crippen molar-refractivity contribution in [3.05, 3.63) is 82.6 Å². The lowest BCUT2D eigenvalue weighted by Crippen LogP contribution is -2.19. The zero-order chi connectivity index (χ0) is 22.4. The van der Waals surface area contributed by atoms with Crippen molar-refractivity contribution in [2.45, 2.75) is 5.88 Å². The number of alkyl halides is 1. The summed E-state index contributed by atoms with van der Waals surface area (Å²) in [5.74, 6) is -0.208. The lowest BCUT2D eigenvalue weighted by atomic mass is 10.2. The lowest BCUT2D eigenvalue weighted by molar-refractivity contribution is 0.0958. The fourth-order valence-corrected chi connectivity index (χ4v) is 3.14. The first-order chi connectivity index (χ1) is 14.9. The molecule has 0 unspecified atom stereocenters. The second-order valence-electron chi connectivity index (χ2n) is 6.37. The van der Waals surface area contributed by atoms with Crippen LogP contribution in [0.4, 0.5) is 20.6 Å². The molecular formula is C22H18Cl2FN3O3. The fraction of sp³-hybridized carbons (Fsp3) is 0.0909. The van der Waals surface area contributed by atoms with E-state index in [-0.39, 0.29) is 11.4 Å². The summed E-state index contributed by atoms with van der Waals surface area (Å²) in [5, 5.41) is 8.30. The number of carbonyl (C=O) groups excluding carboxylic acids is 2. The van der Waals surface area contributed by atoms with Crippen molar-refractivity contribution < 1.29 is 18.7 Å². The van der Waals surface area contributed by atoms with E-state index < -0.39 is 17.8 Å². The zero-order valence-electron chi connectivity index (χ0n) is 16.3. The minimum absolute atomic E-state index is 0.116. The van der Waals surface area contributed by atoms with Crippen molar-refractivity contribution in [1.29, 1.82) is 0 Å². The number of benzene rings is 3. The molecule has 3 N–H and O–H groups in total. The van der Waals surface area contributed by atoms with Gasteiger partial charge in [0, 0.05) is 29.3 Å². The molecule has 3 aromatic carbocycles. The third-order valence-electron chi connectivity index (χ3n) is 4.20. The first-order valence-corrected chi connectivity index (χ1v) is 10.0. The summed E-state index contributed by atoms with van der Waals surface area (Å²) in [6.07, 6.45) is 0. The summed E-state index contributed by atoms with van der Waals surface area (Å²) < 4.78 is 19.4. The molecule has 9 heteroatoms. The molecule has 31 heavy (non-hydrogen) atoms. The smallest absolute Gasteiger partial charge is 0.323 e. The van der Waals surface area contributed by atoms with Crippen molar-refractivity contribution in [1.82, 2.24) is 5.32 Å². The van der Waals surface area contributed by atoms with E-state index >= 15 is 0 Å². The number of ether oxygens (including phenoxy) is 1. The van der Waals surface area contributed by atoms with Crippen LogP contribution in [0.1, 0.15) is 15.9 Å². The number of anilines is 2. The Labute approximate surface area is 188 Å². The van der Waals surface area contributed by atoms with Gasteiger partial charge in [-0.2, -0.15) is 0 Å². The first kappa shape index (κ1) is 22.4. The molecular weight excluding hydrogens is 444 g/mol. The minimum Gasteiger partial charge on any atom is -0.457 e. The van der Waals surface area contributed by atoms with Crippen molar-refractivity contribution in [3.63, 3.8) is 0 Å². The molecule has 0 radical (unpaired) electrons. The molecule has 3 rings (SSSR count). The number of carbonyl (C=O) groups is 2. The van der Waals surface area contributed by atoms with Crippen LogP contribution in [0, 0.1) is 5.82 Å². The molecule has 0 aliphatic rings. The van der Waals surface area contributed by atoms with E-state index in [9.17, 15) is 14.0 Å². The summed E-state index contributed by atoms with van der Waals surface area (Å²) in [5.41, 5.74) is 1.68. The molecule has 0 spiro atoms. The van der Waals surface area contributed by atoms with E-state index in [0.717, 1.165) is 6.07 Å². The number of urea groups is 1. The maximum Gasteiger partial charge on any atom is 0.323 e. The average Bonchev–Trinajstić information content (AvgIpc) is 2.77. The number of amides is 3. The van der Waals surface area contributed by atoms with Crippen LogP contribution < -0.4 is 20.7 Å². The summed E-state index contributed by atoms with van der Waals surface area (Å²) in [6, 6.07) is 15.0. The summed E-state index contributed by atoms with van der Waals surface area (Å²) in [6.45, 7) is 0. The maximum absolute atomic E-state index is 13.8. The molecule has 0 atom stereocenters. The zero-order valence-corrected chi connectivity index (χ0v) is 17.9. The molecule has 6 nitrogen and oxygen atoms in total. The molecule has 3 aromatic rings. The predicted molar refractivity (Wildman–Crippen MR) is 120 cm³/mol. The summed E-state index contributed by atoms with van der Waals surface area (Å²) in [7, 11) is 1.42. The van der Waals surface area contributed by atoms with Gasteiger partial charge >= 0.3 is 6.03 Å². The summed E-state index contributed by atoms with van der Waals surface area (Å²) in [4.78, 5) is 23.9. The van der Waals surface area contributed by atoms with Crippen LogP contribution in [0.3, 0.4) is 0 Å². The van der Waals surface area contributed by atoms with Crippen LogP contribution >= 0.6 is 23.2 Å². The Hall–Kier alpha value is -3.29. The Morgan fingerprint density at radius 1 is 0.935 bits per heavy atom. The molecule has 0 fully saturated rings. The summed E-state index contributed by atoms with van der Waals surface area (Å²) >= 11 is 11.8. The van der Waals surface area contributed by atoms with E-state index in [1.165, 1.54) is 19.2 Å². The van der Waals surface area contributed by atoms with Gasteiger partial charge < -0.3 is 20.7 Å². The van der Waals surface area contributed by atoms with E-state index in [1.54, 1.807) is 42.5 Å². The van der Waals surface area contributed by atoms with Gasteiger partial charge in [-0.15, -0.1) is 11.6 Å². The van der Waals surface area contributed by atoms with E-state index in [1.807, 2.05) is 0 Å². The van der Waals surface area contributed by atoms with Crippen LogP contribution in [0.5, 0.6) is 11.5 Å². The first-order valence-electron chi connectivity index (χ1n) is 9.11. The van der Waals surface area contributed by atoms with Crippen LogP contribution in [0.2, 0.25) is 5.02 Å². The van der Waals surface area contributed by atoms with E-state index in [2.05, 4.69) is 16.0 Å². The Balaban J connectivity index is 1.63. The second kappa shape index (κ2) is 10.1. The van der Waals surface area contributed by atoms with Gasteiger partial charge in [-0.1, -0.05) is 11.6 Å². The van der Waals surface area contributed by atoms with Crippen LogP contribution in [0.15, 0.2) is 60.7 Å². The van der Waals surface area contributed by atoms with Gasteiger partial charge in [0.15, 0.2) is 0 Å². The van der Waals surface area contributed by atoms with Gasteiger partial charge in [-0.05, 0) is 66.2 Å². The van der Waals surface area contributed by atoms with Gasteiger partial charge in [0.05, 0.1) is 5.56 Å². The molecule has 0 aliphatic heterocycles. The van der Waals surface area contributed by atoms with Gasteiger partial charge in [0.25, 0.3) is 5.91 Å². The quantitative estimate of drug-likeness (QED) is 0.393. The van der Waals surface area contributed by atoms with Crippen molar-refractivity contribution >= 4 is 46.5 Å². The normalized spacial score (nSPS) is 10.3. The van der Waals surface area contributed by atoms with Crippen LogP contribution in [-0.2, 0) is 5.88 Å².